The summed E-state index contributed by atoms with van der Waals surface area (Å²) >= 11 is 0. The summed E-state index contributed by atoms with van der Waals surface area (Å²) in [6, 6.07) is 15.4. The molecule has 136 valence electrons. The number of rotatable bonds is 7. The average molecular weight is 358 g/mol. The lowest BCUT2D eigenvalue weighted by atomic mass is 9.94. The summed E-state index contributed by atoms with van der Waals surface area (Å²) in [6.07, 6.45) is 5.90. The van der Waals surface area contributed by atoms with Crippen molar-refractivity contribution in [2.24, 2.45) is 4.99 Å². The van der Waals surface area contributed by atoms with Gasteiger partial charge in [0.25, 0.3) is 5.91 Å². The molecule has 0 saturated carbocycles. The summed E-state index contributed by atoms with van der Waals surface area (Å²) in [5.41, 5.74) is 1.35. The number of carbonyl (C=O) groups is 2. The van der Waals surface area contributed by atoms with E-state index in [9.17, 15) is 9.59 Å². The molecule has 4 nitrogen and oxygen atoms in total. The predicted octanol–water partition coefficient (Wildman–Crippen LogP) is 5.35. The Bertz CT molecular complexity index is 1050. The number of nitrogens with zero attached hydrogens (tertiary/aromatic N) is 1. The molecule has 0 unspecified atom stereocenters. The Hall–Kier alpha value is -3.14. The molecular formula is C23H22N2O2. The average Bonchev–Trinajstić information content (AvgIpc) is 2.67. The summed E-state index contributed by atoms with van der Waals surface area (Å²) in [6.45, 7) is 1.59. The minimum Gasteiger partial charge on any atom is -0.308 e. The highest BCUT2D eigenvalue weighted by Crippen LogP contribution is 2.29. The van der Waals surface area contributed by atoms with Crippen LogP contribution in [0.25, 0.3) is 21.5 Å². The third kappa shape index (κ3) is 4.17. The van der Waals surface area contributed by atoms with Gasteiger partial charge >= 0.3 is 0 Å². The largest absolute Gasteiger partial charge is 0.308 e. The molecule has 1 N–H and O–H groups in total. The van der Waals surface area contributed by atoms with Crippen LogP contribution >= 0.6 is 0 Å². The molecule has 0 saturated heterocycles. The Morgan fingerprint density at radius 1 is 1.00 bits per heavy atom. The lowest BCUT2D eigenvalue weighted by molar-refractivity contribution is -0.117. The number of nitrogens with one attached hydrogen (secondary N) is 1. The third-order valence-corrected chi connectivity index (χ3v) is 4.64. The highest BCUT2D eigenvalue weighted by atomic mass is 16.1. The molecule has 0 bridgehead atoms. The number of aliphatic imine (C=N–C) groups is 1. The van der Waals surface area contributed by atoms with Crippen molar-refractivity contribution in [1.29, 1.82) is 5.41 Å². The molecule has 1 amide bonds. The molecule has 0 radical (unpaired) electrons. The summed E-state index contributed by atoms with van der Waals surface area (Å²) in [7, 11) is 0. The van der Waals surface area contributed by atoms with Crippen molar-refractivity contribution >= 4 is 45.7 Å². The van der Waals surface area contributed by atoms with Gasteiger partial charge in [-0.25, -0.2) is 4.99 Å². The maximum Gasteiger partial charge on any atom is 0.277 e. The smallest absolute Gasteiger partial charge is 0.277 e. The van der Waals surface area contributed by atoms with Gasteiger partial charge in [0, 0.05) is 30.0 Å². The molecule has 3 rings (SSSR count). The van der Waals surface area contributed by atoms with Crippen LogP contribution in [0.4, 0.5) is 0 Å². The van der Waals surface area contributed by atoms with Crippen LogP contribution in [0.15, 0.2) is 53.5 Å². The number of benzene rings is 3. The van der Waals surface area contributed by atoms with E-state index >= 15 is 0 Å². The normalized spacial score (nSPS) is 11.3. The Balaban J connectivity index is 1.90. The van der Waals surface area contributed by atoms with Crippen molar-refractivity contribution in [3.63, 3.8) is 0 Å². The lowest BCUT2D eigenvalue weighted by Gasteiger charge is -2.10. The first-order chi connectivity index (χ1) is 13.1. The van der Waals surface area contributed by atoms with Gasteiger partial charge in [-0.2, -0.15) is 0 Å². The van der Waals surface area contributed by atoms with Gasteiger partial charge in [0.2, 0.25) is 0 Å². The van der Waals surface area contributed by atoms with Crippen LogP contribution < -0.4 is 0 Å². The van der Waals surface area contributed by atoms with Gasteiger partial charge < -0.3 is 10.2 Å². The Kier molecular flexibility index (Phi) is 5.87. The van der Waals surface area contributed by atoms with E-state index in [-0.39, 0.29) is 11.7 Å². The Morgan fingerprint density at radius 3 is 2.56 bits per heavy atom. The van der Waals surface area contributed by atoms with E-state index in [0.717, 1.165) is 39.9 Å². The second-order valence-corrected chi connectivity index (χ2v) is 6.62. The molecule has 0 atom stereocenters. The number of amides is 1. The minimum absolute atomic E-state index is 0.188. The number of ketones is 1. The topological polar surface area (TPSA) is 70.3 Å². The fourth-order valence-corrected chi connectivity index (χ4v) is 3.29. The zero-order valence-electron chi connectivity index (χ0n) is 15.4. The number of Topliss-reactive ketones (excluding diaryl/α,β-unsaturated/α-hetero) is 1. The van der Waals surface area contributed by atoms with Crippen molar-refractivity contribution in [3.05, 3.63) is 59.7 Å². The van der Waals surface area contributed by atoms with Crippen molar-refractivity contribution < 1.29 is 9.59 Å². The lowest BCUT2D eigenvalue weighted by Crippen LogP contribution is -1.99. The van der Waals surface area contributed by atoms with Crippen LogP contribution in [0.5, 0.6) is 0 Å². The molecule has 0 aromatic heterocycles. The molecule has 27 heavy (non-hydrogen) atoms. The van der Waals surface area contributed by atoms with E-state index in [0.29, 0.717) is 18.4 Å². The third-order valence-electron chi connectivity index (χ3n) is 4.64. The first kappa shape index (κ1) is 18.6. The minimum atomic E-state index is -0.279. The Labute approximate surface area is 158 Å². The van der Waals surface area contributed by atoms with Crippen molar-refractivity contribution in [2.45, 2.75) is 32.6 Å². The number of fused-ring (bicyclic) bond motifs is 2. The number of carbonyl (C=O) groups excluding carboxylic acids is 2. The van der Waals surface area contributed by atoms with Gasteiger partial charge in [0.05, 0.1) is 0 Å². The van der Waals surface area contributed by atoms with Crippen molar-refractivity contribution in [3.8, 4) is 0 Å². The van der Waals surface area contributed by atoms with Crippen molar-refractivity contribution in [1.82, 2.24) is 0 Å². The van der Waals surface area contributed by atoms with E-state index in [1.165, 1.54) is 6.21 Å². The summed E-state index contributed by atoms with van der Waals surface area (Å²) < 4.78 is 0. The van der Waals surface area contributed by atoms with E-state index in [4.69, 9.17) is 5.41 Å². The number of unbranched alkanes of at least 4 members (excludes halogenated alkanes) is 2. The standard InChI is InChI=1S/C23H22N2O2/c1-16(26)8-3-2-6-13-25-23(27)20-12-7-11-19-21(20)14-17-9-4-5-10-18(17)22(19)15-24/h4-5,7,9-15,24H,2-3,6,8H2,1H3. The quantitative estimate of drug-likeness (QED) is 0.351. The fraction of sp³-hybridized carbons (Fsp3) is 0.217. The first-order valence-electron chi connectivity index (χ1n) is 9.13. The van der Waals surface area contributed by atoms with E-state index < -0.39 is 0 Å². The van der Waals surface area contributed by atoms with Crippen LogP contribution in [-0.2, 0) is 4.79 Å². The van der Waals surface area contributed by atoms with Crippen LogP contribution in [0.3, 0.4) is 0 Å². The molecule has 3 aromatic rings. The van der Waals surface area contributed by atoms with Crippen LogP contribution in [0.2, 0.25) is 0 Å². The molecule has 0 aliphatic rings. The zero-order valence-corrected chi connectivity index (χ0v) is 15.4. The molecule has 0 aliphatic heterocycles. The monoisotopic (exact) mass is 358 g/mol. The van der Waals surface area contributed by atoms with Crippen molar-refractivity contribution in [2.75, 3.05) is 0 Å². The van der Waals surface area contributed by atoms with Gasteiger partial charge in [-0.15, -0.1) is 0 Å². The maximum absolute atomic E-state index is 12.6. The highest BCUT2D eigenvalue weighted by Gasteiger charge is 2.12. The van der Waals surface area contributed by atoms with E-state index in [1.807, 2.05) is 42.5 Å². The number of hydrogen-bond donors (Lipinski definition) is 1. The number of hydrogen-bond acceptors (Lipinski definition) is 3. The Morgan fingerprint density at radius 2 is 1.78 bits per heavy atom. The molecular weight excluding hydrogens is 336 g/mol. The summed E-state index contributed by atoms with van der Waals surface area (Å²) in [5, 5.41) is 11.5. The zero-order chi connectivity index (χ0) is 19.2. The molecule has 0 heterocycles. The second kappa shape index (κ2) is 8.49. The summed E-state index contributed by atoms with van der Waals surface area (Å²) in [5.74, 6) is -0.0913. The second-order valence-electron chi connectivity index (χ2n) is 6.62. The molecule has 4 heteroatoms. The van der Waals surface area contributed by atoms with Gasteiger partial charge in [0.1, 0.15) is 5.78 Å². The van der Waals surface area contributed by atoms with Crippen LogP contribution in [0, 0.1) is 5.41 Å². The molecule has 0 aliphatic carbocycles. The maximum atomic E-state index is 12.6. The fourth-order valence-electron chi connectivity index (χ4n) is 3.29. The molecule has 0 fully saturated rings. The first-order valence-corrected chi connectivity index (χ1v) is 9.13. The van der Waals surface area contributed by atoms with Gasteiger partial charge in [0.15, 0.2) is 0 Å². The van der Waals surface area contributed by atoms with Crippen LogP contribution in [-0.4, -0.2) is 24.1 Å². The van der Waals surface area contributed by atoms with Gasteiger partial charge in [-0.3, -0.25) is 4.79 Å². The predicted molar refractivity (Wildman–Crippen MR) is 111 cm³/mol. The SMILES string of the molecule is CC(=O)CCCCC=NC(=O)c1cccc2c(C=N)c3ccccc3cc12. The molecule has 0 spiro atoms. The van der Waals surface area contributed by atoms with Gasteiger partial charge in [-0.05, 0) is 59.9 Å². The van der Waals surface area contributed by atoms with Crippen LogP contribution in [0.1, 0.15) is 48.5 Å². The molecule has 3 aromatic carbocycles. The van der Waals surface area contributed by atoms with E-state index in [1.54, 1.807) is 19.2 Å². The van der Waals surface area contributed by atoms with E-state index in [2.05, 4.69) is 4.99 Å². The van der Waals surface area contributed by atoms with Gasteiger partial charge in [-0.1, -0.05) is 36.4 Å². The highest BCUT2D eigenvalue weighted by molar-refractivity contribution is 6.18. The summed E-state index contributed by atoms with van der Waals surface area (Å²) in [4.78, 5) is 27.7.